The summed E-state index contributed by atoms with van der Waals surface area (Å²) in [6, 6.07) is 7.17. The van der Waals surface area contributed by atoms with Crippen LogP contribution in [0.25, 0.3) is 0 Å². The molecule has 17 heavy (non-hydrogen) atoms. The van der Waals surface area contributed by atoms with E-state index >= 15 is 0 Å². The van der Waals surface area contributed by atoms with E-state index in [1.165, 1.54) is 0 Å². The number of rotatable bonds is 3. The van der Waals surface area contributed by atoms with E-state index in [4.69, 9.17) is 4.74 Å². The zero-order valence-corrected chi connectivity index (χ0v) is 10.5. The van der Waals surface area contributed by atoms with Crippen LogP contribution < -0.4 is 4.74 Å². The number of benzene rings is 1. The first-order valence-corrected chi connectivity index (χ1v) is 7.44. The molecule has 0 saturated carbocycles. The molecule has 0 amide bonds. The molecule has 0 aromatic heterocycles. The Hall–Kier alpha value is -1.07. The molecule has 4 nitrogen and oxygen atoms in total. The fourth-order valence-electron chi connectivity index (χ4n) is 1.97. The summed E-state index contributed by atoms with van der Waals surface area (Å²) in [7, 11) is -2.94. The van der Waals surface area contributed by atoms with Crippen LogP contribution in [-0.4, -0.2) is 31.1 Å². The van der Waals surface area contributed by atoms with Crippen molar-refractivity contribution in [2.45, 2.75) is 25.6 Å². The van der Waals surface area contributed by atoms with Crippen LogP contribution in [0.3, 0.4) is 0 Å². The van der Waals surface area contributed by atoms with Crippen LogP contribution in [0, 0.1) is 0 Å². The van der Waals surface area contributed by atoms with E-state index in [0.29, 0.717) is 17.7 Å². The molecule has 1 fully saturated rings. The highest BCUT2D eigenvalue weighted by atomic mass is 32.2. The van der Waals surface area contributed by atoms with Crippen LogP contribution >= 0.6 is 0 Å². The van der Waals surface area contributed by atoms with Crippen molar-refractivity contribution in [1.29, 1.82) is 0 Å². The topological polar surface area (TPSA) is 63.6 Å². The van der Waals surface area contributed by atoms with Gasteiger partial charge in [-0.1, -0.05) is 18.2 Å². The molecule has 5 heteroatoms. The van der Waals surface area contributed by atoms with Gasteiger partial charge in [0, 0.05) is 5.56 Å². The SMILES string of the molecule is C[C@@H](O)c1ccccc1OC1CCS(=O)(=O)C1. The number of hydrogen-bond acceptors (Lipinski definition) is 4. The lowest BCUT2D eigenvalue weighted by Crippen LogP contribution is -2.18. The average molecular weight is 256 g/mol. The van der Waals surface area contributed by atoms with Gasteiger partial charge in [-0.15, -0.1) is 0 Å². The first-order chi connectivity index (χ1) is 7.98. The fourth-order valence-corrected chi connectivity index (χ4v) is 3.56. The minimum atomic E-state index is -2.94. The Morgan fingerprint density at radius 3 is 2.71 bits per heavy atom. The highest BCUT2D eigenvalue weighted by Gasteiger charge is 2.29. The molecule has 0 radical (unpaired) electrons. The molecule has 1 N–H and O–H groups in total. The maximum Gasteiger partial charge on any atom is 0.154 e. The summed E-state index contributed by atoms with van der Waals surface area (Å²) >= 11 is 0. The quantitative estimate of drug-likeness (QED) is 0.885. The largest absolute Gasteiger partial charge is 0.489 e. The zero-order chi connectivity index (χ0) is 12.5. The third kappa shape index (κ3) is 2.98. The molecule has 0 bridgehead atoms. The van der Waals surface area contributed by atoms with Crippen molar-refractivity contribution in [2.24, 2.45) is 0 Å². The molecule has 1 aromatic rings. The standard InChI is InChI=1S/C12H16O4S/c1-9(13)11-4-2-3-5-12(11)16-10-6-7-17(14,15)8-10/h2-5,9-10,13H,6-8H2,1H3/t9-,10?/m1/s1. The minimum absolute atomic E-state index is 0.0706. The van der Waals surface area contributed by atoms with Crippen LogP contribution in [0.1, 0.15) is 25.0 Å². The predicted molar refractivity (Wildman–Crippen MR) is 64.8 cm³/mol. The Bertz CT molecular complexity index is 493. The van der Waals surface area contributed by atoms with E-state index in [2.05, 4.69) is 0 Å². The first kappa shape index (κ1) is 12.4. The van der Waals surface area contributed by atoms with Gasteiger partial charge in [-0.05, 0) is 19.4 Å². The molecule has 2 rings (SSSR count). The Balaban J connectivity index is 2.14. The van der Waals surface area contributed by atoms with Gasteiger partial charge in [0.1, 0.15) is 11.9 Å². The lowest BCUT2D eigenvalue weighted by molar-refractivity contribution is 0.180. The van der Waals surface area contributed by atoms with Crippen LogP contribution in [0.5, 0.6) is 5.75 Å². The van der Waals surface area contributed by atoms with Gasteiger partial charge in [-0.25, -0.2) is 8.42 Å². The van der Waals surface area contributed by atoms with Crippen LogP contribution in [0.15, 0.2) is 24.3 Å². The van der Waals surface area contributed by atoms with Crippen molar-refractivity contribution in [3.63, 3.8) is 0 Å². The van der Waals surface area contributed by atoms with E-state index in [1.54, 1.807) is 19.1 Å². The fraction of sp³-hybridized carbons (Fsp3) is 0.500. The second-order valence-corrected chi connectivity index (χ2v) is 6.59. The molecule has 0 aliphatic carbocycles. The Kier molecular flexibility index (Phi) is 3.40. The van der Waals surface area contributed by atoms with Gasteiger partial charge < -0.3 is 9.84 Å². The number of para-hydroxylation sites is 1. The summed E-state index contributed by atoms with van der Waals surface area (Å²) in [5.41, 5.74) is 0.691. The molecule has 0 spiro atoms. The van der Waals surface area contributed by atoms with Gasteiger partial charge in [0.25, 0.3) is 0 Å². The number of aliphatic hydroxyl groups is 1. The van der Waals surface area contributed by atoms with Crippen molar-refractivity contribution < 1.29 is 18.3 Å². The van der Waals surface area contributed by atoms with Gasteiger partial charge >= 0.3 is 0 Å². The molecular formula is C12H16O4S. The van der Waals surface area contributed by atoms with Crippen molar-refractivity contribution in [2.75, 3.05) is 11.5 Å². The summed E-state index contributed by atoms with van der Waals surface area (Å²) in [4.78, 5) is 0. The summed E-state index contributed by atoms with van der Waals surface area (Å²) < 4.78 is 28.3. The number of hydrogen-bond donors (Lipinski definition) is 1. The van der Waals surface area contributed by atoms with Gasteiger partial charge in [-0.3, -0.25) is 0 Å². The average Bonchev–Trinajstić information content (AvgIpc) is 2.58. The van der Waals surface area contributed by atoms with E-state index < -0.39 is 15.9 Å². The molecule has 2 atom stereocenters. The maximum atomic E-state index is 11.3. The molecule has 1 aliphatic rings. The molecule has 94 valence electrons. The Morgan fingerprint density at radius 1 is 1.41 bits per heavy atom. The lowest BCUT2D eigenvalue weighted by atomic mass is 10.1. The molecule has 1 aromatic carbocycles. The van der Waals surface area contributed by atoms with Crippen molar-refractivity contribution in [1.82, 2.24) is 0 Å². The first-order valence-electron chi connectivity index (χ1n) is 5.62. The zero-order valence-electron chi connectivity index (χ0n) is 9.67. The monoisotopic (exact) mass is 256 g/mol. The second kappa shape index (κ2) is 4.66. The highest BCUT2D eigenvalue weighted by molar-refractivity contribution is 7.91. The van der Waals surface area contributed by atoms with Crippen molar-refractivity contribution in [3.05, 3.63) is 29.8 Å². The van der Waals surface area contributed by atoms with Crippen LogP contribution in [0.4, 0.5) is 0 Å². The van der Waals surface area contributed by atoms with E-state index in [9.17, 15) is 13.5 Å². The van der Waals surface area contributed by atoms with Crippen LogP contribution in [0.2, 0.25) is 0 Å². The van der Waals surface area contributed by atoms with E-state index in [0.717, 1.165) is 0 Å². The summed E-state index contributed by atoms with van der Waals surface area (Å²) in [6.07, 6.45) is -0.389. The van der Waals surface area contributed by atoms with E-state index in [1.807, 2.05) is 12.1 Å². The molecular weight excluding hydrogens is 240 g/mol. The number of sulfone groups is 1. The number of ether oxygens (including phenoxy) is 1. The molecule has 1 heterocycles. The molecule has 1 unspecified atom stereocenters. The van der Waals surface area contributed by atoms with E-state index in [-0.39, 0.29) is 17.6 Å². The van der Waals surface area contributed by atoms with Crippen LogP contribution in [-0.2, 0) is 9.84 Å². The Labute approximate surface area is 101 Å². The highest BCUT2D eigenvalue weighted by Crippen LogP contribution is 2.27. The van der Waals surface area contributed by atoms with Gasteiger partial charge in [-0.2, -0.15) is 0 Å². The summed E-state index contributed by atoms with van der Waals surface area (Å²) in [5, 5.41) is 9.58. The lowest BCUT2D eigenvalue weighted by Gasteiger charge is -2.16. The minimum Gasteiger partial charge on any atom is -0.489 e. The van der Waals surface area contributed by atoms with Gasteiger partial charge in [0.15, 0.2) is 9.84 Å². The van der Waals surface area contributed by atoms with Gasteiger partial charge in [0.2, 0.25) is 0 Å². The second-order valence-electron chi connectivity index (χ2n) is 4.36. The molecule has 1 aliphatic heterocycles. The normalized spacial score (nSPS) is 24.5. The third-order valence-corrected chi connectivity index (χ3v) is 4.59. The summed E-state index contributed by atoms with van der Waals surface area (Å²) in [6.45, 7) is 1.66. The maximum absolute atomic E-state index is 11.3. The van der Waals surface area contributed by atoms with Gasteiger partial charge in [0.05, 0.1) is 17.6 Å². The molecule has 1 saturated heterocycles. The van der Waals surface area contributed by atoms with Crippen molar-refractivity contribution in [3.8, 4) is 5.75 Å². The third-order valence-electron chi connectivity index (χ3n) is 2.85. The Morgan fingerprint density at radius 2 is 2.12 bits per heavy atom. The number of aliphatic hydroxyl groups excluding tert-OH is 1. The van der Waals surface area contributed by atoms with Crippen molar-refractivity contribution >= 4 is 9.84 Å². The predicted octanol–water partition coefficient (Wildman–Crippen LogP) is 1.31. The summed E-state index contributed by atoms with van der Waals surface area (Å²) in [5.74, 6) is 0.833. The smallest absolute Gasteiger partial charge is 0.154 e.